The van der Waals surface area contributed by atoms with Crippen LogP contribution in [0.15, 0.2) is 18.2 Å². The van der Waals surface area contributed by atoms with Crippen LogP contribution in [0.25, 0.3) is 0 Å². The van der Waals surface area contributed by atoms with Crippen LogP contribution in [-0.2, 0) is 16.0 Å². The fourth-order valence-electron chi connectivity index (χ4n) is 5.86. The van der Waals surface area contributed by atoms with E-state index >= 15 is 0 Å². The Morgan fingerprint density at radius 1 is 1.24 bits per heavy atom. The van der Waals surface area contributed by atoms with Crippen LogP contribution in [0.3, 0.4) is 0 Å². The molecule has 0 radical (unpaired) electrons. The van der Waals surface area contributed by atoms with Gasteiger partial charge >= 0.3 is 0 Å². The largest absolute Gasteiger partial charge is 0.376 e. The Morgan fingerprint density at radius 2 is 2.06 bits per heavy atom. The zero-order chi connectivity index (χ0) is 23.8. The van der Waals surface area contributed by atoms with Crippen LogP contribution in [0.5, 0.6) is 0 Å². The maximum atomic E-state index is 12.9. The summed E-state index contributed by atoms with van der Waals surface area (Å²) in [5.41, 5.74) is 3.51. The summed E-state index contributed by atoms with van der Waals surface area (Å²) in [5.74, 6) is 0.346. The molecule has 1 N–H and O–H groups in total. The SMILES string of the molecule is CCCC(C)N(C=O)c1cccc(CCCCCC(=O)N2CCCC23CCNC3)c1N(C)C. The van der Waals surface area contributed by atoms with Gasteiger partial charge in [0.05, 0.1) is 16.9 Å². The Bertz CT molecular complexity index is 783. The van der Waals surface area contributed by atoms with Crippen molar-refractivity contribution in [1.29, 1.82) is 0 Å². The Balaban J connectivity index is 1.55. The maximum absolute atomic E-state index is 12.9. The number of benzene rings is 1. The molecule has 1 aromatic carbocycles. The number of para-hydroxylation sites is 1. The summed E-state index contributed by atoms with van der Waals surface area (Å²) >= 11 is 0. The summed E-state index contributed by atoms with van der Waals surface area (Å²) in [6, 6.07) is 6.48. The van der Waals surface area contributed by atoms with Crippen molar-refractivity contribution in [3.05, 3.63) is 23.8 Å². The number of unbranched alkanes of at least 4 members (excludes halogenated alkanes) is 2. The van der Waals surface area contributed by atoms with Crippen molar-refractivity contribution in [2.45, 2.75) is 89.6 Å². The van der Waals surface area contributed by atoms with Gasteiger partial charge in [0.2, 0.25) is 12.3 Å². The van der Waals surface area contributed by atoms with Gasteiger partial charge in [-0.05, 0) is 70.0 Å². The number of anilines is 2. The fraction of sp³-hybridized carbons (Fsp3) is 0.704. The second-order valence-electron chi connectivity index (χ2n) is 10.2. The summed E-state index contributed by atoms with van der Waals surface area (Å²) in [4.78, 5) is 31.0. The second kappa shape index (κ2) is 11.9. The fourth-order valence-corrected chi connectivity index (χ4v) is 5.86. The molecule has 2 atom stereocenters. The Morgan fingerprint density at radius 3 is 2.73 bits per heavy atom. The first kappa shape index (κ1) is 25.5. The topological polar surface area (TPSA) is 55.9 Å². The van der Waals surface area contributed by atoms with E-state index < -0.39 is 0 Å². The van der Waals surface area contributed by atoms with Crippen molar-refractivity contribution in [2.24, 2.45) is 0 Å². The van der Waals surface area contributed by atoms with Crippen molar-refractivity contribution in [2.75, 3.05) is 43.5 Å². The molecule has 1 aromatic rings. The molecule has 0 aromatic heterocycles. The highest BCUT2D eigenvalue weighted by molar-refractivity contribution is 5.86. The molecule has 0 saturated carbocycles. The van der Waals surface area contributed by atoms with E-state index in [1.165, 1.54) is 5.56 Å². The summed E-state index contributed by atoms with van der Waals surface area (Å²) in [6.07, 6.45) is 11.1. The first-order chi connectivity index (χ1) is 15.9. The standard InChI is InChI=1S/C27H44N4O2/c1-5-11-22(2)30(21-32)24-14-9-13-23(26(24)29(3)4)12-7-6-8-15-25(33)31-19-10-16-27(31)17-18-28-20-27/h9,13-14,21-22,28H,5-8,10-12,15-20H2,1-4H3. The van der Waals surface area contributed by atoms with Crippen LogP contribution in [0, 0.1) is 0 Å². The average molecular weight is 457 g/mol. The number of hydrogen-bond donors (Lipinski definition) is 1. The number of carbonyl (C=O) groups is 2. The molecule has 6 nitrogen and oxygen atoms in total. The molecule has 2 fully saturated rings. The average Bonchev–Trinajstić information content (AvgIpc) is 3.44. The molecule has 2 saturated heterocycles. The van der Waals surface area contributed by atoms with Gasteiger partial charge < -0.3 is 20.0 Å². The third-order valence-electron chi connectivity index (χ3n) is 7.57. The van der Waals surface area contributed by atoms with E-state index in [0.29, 0.717) is 12.3 Å². The molecule has 0 bridgehead atoms. The van der Waals surface area contributed by atoms with Gasteiger partial charge in [-0.15, -0.1) is 0 Å². The smallest absolute Gasteiger partial charge is 0.223 e. The second-order valence-corrected chi connectivity index (χ2v) is 10.2. The highest BCUT2D eigenvalue weighted by Crippen LogP contribution is 2.36. The van der Waals surface area contributed by atoms with Gasteiger partial charge in [0.25, 0.3) is 0 Å². The van der Waals surface area contributed by atoms with Crippen LogP contribution in [0.1, 0.15) is 77.2 Å². The monoisotopic (exact) mass is 456 g/mol. The van der Waals surface area contributed by atoms with E-state index in [2.05, 4.69) is 61.3 Å². The molecule has 6 heteroatoms. The zero-order valence-electron chi connectivity index (χ0n) is 21.2. The number of rotatable bonds is 12. The number of nitrogens with zero attached hydrogens (tertiary/aromatic N) is 3. The van der Waals surface area contributed by atoms with Crippen LogP contribution < -0.4 is 15.1 Å². The van der Waals surface area contributed by atoms with Gasteiger partial charge in [0.15, 0.2) is 0 Å². The lowest BCUT2D eigenvalue weighted by atomic mass is 9.94. The highest BCUT2D eigenvalue weighted by atomic mass is 16.2. The van der Waals surface area contributed by atoms with Gasteiger partial charge in [-0.1, -0.05) is 31.9 Å². The van der Waals surface area contributed by atoms with Gasteiger partial charge in [-0.25, -0.2) is 0 Å². The van der Waals surface area contributed by atoms with E-state index in [4.69, 9.17) is 0 Å². The number of hydrogen-bond acceptors (Lipinski definition) is 4. The first-order valence-corrected chi connectivity index (χ1v) is 13.0. The molecule has 2 aliphatic heterocycles. The summed E-state index contributed by atoms with van der Waals surface area (Å²) in [5, 5.41) is 3.46. The van der Waals surface area contributed by atoms with Crippen LogP contribution in [-0.4, -0.2) is 62.5 Å². The third kappa shape index (κ3) is 5.89. The van der Waals surface area contributed by atoms with Crippen molar-refractivity contribution in [1.82, 2.24) is 10.2 Å². The van der Waals surface area contributed by atoms with E-state index in [0.717, 1.165) is 95.2 Å². The van der Waals surface area contributed by atoms with Crippen molar-refractivity contribution in [3.8, 4) is 0 Å². The normalized spacial score (nSPS) is 20.9. The van der Waals surface area contributed by atoms with Gasteiger partial charge in [-0.2, -0.15) is 0 Å². The lowest BCUT2D eigenvalue weighted by Gasteiger charge is -2.34. The molecule has 2 unspecified atom stereocenters. The van der Waals surface area contributed by atoms with Crippen molar-refractivity contribution >= 4 is 23.7 Å². The number of nitrogens with one attached hydrogen (secondary N) is 1. The highest BCUT2D eigenvalue weighted by Gasteiger charge is 2.44. The molecule has 2 aliphatic rings. The van der Waals surface area contributed by atoms with E-state index in [9.17, 15) is 9.59 Å². The molecule has 184 valence electrons. The first-order valence-electron chi connectivity index (χ1n) is 13.0. The van der Waals surface area contributed by atoms with Gasteiger partial charge in [0, 0.05) is 39.6 Å². The molecule has 0 aliphatic carbocycles. The minimum Gasteiger partial charge on any atom is -0.376 e. The molecule has 3 rings (SSSR count). The number of carbonyl (C=O) groups excluding carboxylic acids is 2. The Labute approximate surface area is 200 Å². The molecular formula is C27H44N4O2. The molecule has 33 heavy (non-hydrogen) atoms. The van der Waals surface area contributed by atoms with Gasteiger partial charge in [-0.3, -0.25) is 9.59 Å². The maximum Gasteiger partial charge on any atom is 0.223 e. The molecule has 2 amide bonds. The lowest BCUT2D eigenvalue weighted by Crippen LogP contribution is -2.48. The van der Waals surface area contributed by atoms with E-state index in [1.54, 1.807) is 0 Å². The predicted octanol–water partition coefficient (Wildman–Crippen LogP) is 4.36. The number of likely N-dealkylation sites (tertiary alicyclic amines) is 1. The van der Waals surface area contributed by atoms with Crippen molar-refractivity contribution in [3.63, 3.8) is 0 Å². The quantitative estimate of drug-likeness (QED) is 0.375. The summed E-state index contributed by atoms with van der Waals surface area (Å²) < 4.78 is 0. The molecule has 1 spiro atoms. The van der Waals surface area contributed by atoms with Crippen molar-refractivity contribution < 1.29 is 9.59 Å². The van der Waals surface area contributed by atoms with Crippen LogP contribution in [0.4, 0.5) is 11.4 Å². The number of amides is 2. The van der Waals surface area contributed by atoms with Gasteiger partial charge in [0.1, 0.15) is 0 Å². The van der Waals surface area contributed by atoms with Crippen LogP contribution >= 0.6 is 0 Å². The Kier molecular flexibility index (Phi) is 9.19. The minimum absolute atomic E-state index is 0.109. The third-order valence-corrected chi connectivity index (χ3v) is 7.57. The molecule has 2 heterocycles. The molecular weight excluding hydrogens is 412 g/mol. The number of aryl methyl sites for hydroxylation is 1. The lowest BCUT2D eigenvalue weighted by molar-refractivity contribution is -0.134. The summed E-state index contributed by atoms with van der Waals surface area (Å²) in [6.45, 7) is 7.21. The van der Waals surface area contributed by atoms with Crippen LogP contribution in [0.2, 0.25) is 0 Å². The minimum atomic E-state index is 0.109. The zero-order valence-corrected chi connectivity index (χ0v) is 21.2. The summed E-state index contributed by atoms with van der Waals surface area (Å²) in [7, 11) is 4.11. The Hall–Kier alpha value is -2.08. The van der Waals surface area contributed by atoms with E-state index in [-0.39, 0.29) is 11.6 Å². The van der Waals surface area contributed by atoms with E-state index in [1.807, 2.05) is 4.90 Å². The predicted molar refractivity (Wildman–Crippen MR) is 137 cm³/mol.